The third kappa shape index (κ3) is 8.98. The van der Waals surface area contributed by atoms with Crippen molar-refractivity contribution >= 4 is 16.8 Å². The fourth-order valence-corrected chi connectivity index (χ4v) is 3.06. The van der Waals surface area contributed by atoms with E-state index in [0.29, 0.717) is 5.92 Å². The van der Waals surface area contributed by atoms with Gasteiger partial charge in [-0.3, -0.25) is 9.78 Å². The van der Waals surface area contributed by atoms with Gasteiger partial charge in [0.1, 0.15) is 11.4 Å². The first-order valence-corrected chi connectivity index (χ1v) is 11.9. The van der Waals surface area contributed by atoms with Gasteiger partial charge in [0.25, 0.3) is 0 Å². The Labute approximate surface area is 224 Å². The average Bonchev–Trinajstić information content (AvgIpc) is 2.76. The number of aryl methyl sites for hydroxylation is 1. The van der Waals surface area contributed by atoms with E-state index in [1.54, 1.807) is 6.20 Å². The predicted molar refractivity (Wildman–Crippen MR) is 142 cm³/mol. The number of ketones is 1. The summed E-state index contributed by atoms with van der Waals surface area (Å²) in [5, 5.41) is 10.6. The van der Waals surface area contributed by atoms with Gasteiger partial charge in [-0.2, -0.15) is 0 Å². The molecule has 1 aromatic carbocycles. The SMILES string of the molecule is CC(C)(C)C(=O)/C=C(\O)C(C)(C)C.CCC(C)c1cc(C)[c-]c(-c2ccc3cccnc3n2)c1.[Ir]. The zero-order valence-corrected chi connectivity index (χ0v) is 24.9. The smallest absolute Gasteiger partial charge is 0.164 e. The van der Waals surface area contributed by atoms with E-state index >= 15 is 0 Å². The van der Waals surface area contributed by atoms with Gasteiger partial charge in [-0.25, -0.2) is 4.98 Å². The molecule has 2 aromatic heterocycles. The second-order valence-corrected chi connectivity index (χ2v) is 11.0. The van der Waals surface area contributed by atoms with Crippen LogP contribution in [0.15, 0.2) is 54.4 Å². The normalized spacial score (nSPS) is 12.9. The van der Waals surface area contributed by atoms with Crippen molar-refractivity contribution in [3.63, 3.8) is 0 Å². The zero-order valence-electron chi connectivity index (χ0n) is 22.5. The topological polar surface area (TPSA) is 63.1 Å². The summed E-state index contributed by atoms with van der Waals surface area (Å²) in [5.74, 6) is 0.656. The van der Waals surface area contributed by atoms with Crippen LogP contribution >= 0.6 is 0 Å². The summed E-state index contributed by atoms with van der Waals surface area (Å²) in [6.07, 6.45) is 4.25. The molecule has 1 N–H and O–H groups in total. The molecule has 0 bridgehead atoms. The minimum Gasteiger partial charge on any atom is -0.512 e. The second kappa shape index (κ2) is 12.6. The molecule has 1 radical (unpaired) electrons. The molecule has 0 spiro atoms. The van der Waals surface area contributed by atoms with Crippen molar-refractivity contribution in [1.29, 1.82) is 0 Å². The van der Waals surface area contributed by atoms with Crippen LogP contribution in [0.25, 0.3) is 22.3 Å². The van der Waals surface area contributed by atoms with E-state index in [2.05, 4.69) is 61.1 Å². The van der Waals surface area contributed by atoms with Crippen molar-refractivity contribution in [2.24, 2.45) is 10.8 Å². The van der Waals surface area contributed by atoms with Crippen LogP contribution < -0.4 is 0 Å². The Balaban J connectivity index is 0.000000383. The minimum absolute atomic E-state index is 0. The van der Waals surface area contributed by atoms with Crippen molar-refractivity contribution in [2.45, 2.75) is 74.7 Å². The number of nitrogens with zero attached hydrogens (tertiary/aromatic N) is 2. The predicted octanol–water partition coefficient (Wildman–Crippen LogP) is 8.01. The van der Waals surface area contributed by atoms with Gasteiger partial charge in [0.05, 0.1) is 0 Å². The molecule has 0 aliphatic heterocycles. The first-order chi connectivity index (χ1) is 15.7. The Morgan fingerprint density at radius 2 is 1.74 bits per heavy atom. The molecule has 3 aromatic rings. The number of benzene rings is 1. The molecule has 2 heterocycles. The summed E-state index contributed by atoms with van der Waals surface area (Å²) < 4.78 is 0. The Hall–Kier alpha value is -2.36. The maximum absolute atomic E-state index is 11.5. The summed E-state index contributed by atoms with van der Waals surface area (Å²) in [6.45, 7) is 17.7. The third-order valence-electron chi connectivity index (χ3n) is 5.72. The van der Waals surface area contributed by atoms with Crippen LogP contribution in [-0.2, 0) is 24.9 Å². The van der Waals surface area contributed by atoms with Gasteiger partial charge >= 0.3 is 0 Å². The molecule has 0 amide bonds. The van der Waals surface area contributed by atoms with Gasteiger partial charge in [-0.1, -0.05) is 80.9 Å². The van der Waals surface area contributed by atoms with Gasteiger partial charge in [-0.05, 0) is 23.7 Å². The number of hydrogen-bond acceptors (Lipinski definition) is 4. The van der Waals surface area contributed by atoms with E-state index in [1.807, 2.05) is 53.7 Å². The van der Waals surface area contributed by atoms with Gasteiger partial charge in [-0.15, -0.1) is 34.9 Å². The van der Waals surface area contributed by atoms with E-state index in [4.69, 9.17) is 0 Å². The molecule has 4 nitrogen and oxygen atoms in total. The Kier molecular flexibility index (Phi) is 11.0. The number of carbonyl (C=O) groups excluding carboxylic acids is 1. The number of hydrogen-bond donors (Lipinski definition) is 1. The van der Waals surface area contributed by atoms with Gasteiger partial charge in [0, 0.05) is 48.6 Å². The number of aliphatic hydroxyl groups excluding tert-OH is 1. The second-order valence-electron chi connectivity index (χ2n) is 11.0. The van der Waals surface area contributed by atoms with Crippen molar-refractivity contribution in [2.75, 3.05) is 0 Å². The first kappa shape index (κ1) is 30.7. The fourth-order valence-electron chi connectivity index (χ4n) is 3.06. The van der Waals surface area contributed by atoms with Crippen molar-refractivity contribution < 1.29 is 30.0 Å². The van der Waals surface area contributed by atoms with Crippen LogP contribution in [0.1, 0.15) is 78.9 Å². The zero-order chi connectivity index (χ0) is 25.7. The number of pyridine rings is 2. The Morgan fingerprint density at radius 1 is 1.09 bits per heavy atom. The molecular formula is C30H39IrN2O2-. The fraction of sp³-hybridized carbons (Fsp3) is 0.433. The van der Waals surface area contributed by atoms with Crippen LogP contribution in [-0.4, -0.2) is 20.9 Å². The van der Waals surface area contributed by atoms with Gasteiger partial charge in [0.2, 0.25) is 0 Å². The van der Waals surface area contributed by atoms with Crippen molar-refractivity contribution in [1.82, 2.24) is 9.97 Å². The molecule has 1 atom stereocenters. The summed E-state index contributed by atoms with van der Waals surface area (Å²) in [4.78, 5) is 20.5. The Morgan fingerprint density at radius 3 is 2.31 bits per heavy atom. The molecule has 5 heteroatoms. The van der Waals surface area contributed by atoms with E-state index in [0.717, 1.165) is 34.3 Å². The molecule has 191 valence electrons. The minimum atomic E-state index is -0.417. The number of fused-ring (bicyclic) bond motifs is 1. The molecular weight excluding hydrogens is 613 g/mol. The van der Waals surface area contributed by atoms with E-state index in [-0.39, 0.29) is 37.1 Å². The van der Waals surface area contributed by atoms with Crippen LogP contribution in [0.3, 0.4) is 0 Å². The maximum Gasteiger partial charge on any atom is 0.164 e. The van der Waals surface area contributed by atoms with E-state index < -0.39 is 5.41 Å². The van der Waals surface area contributed by atoms with Crippen molar-refractivity contribution in [3.8, 4) is 11.3 Å². The average molecular weight is 652 g/mol. The summed E-state index contributed by atoms with van der Waals surface area (Å²) in [5.41, 5.74) is 4.53. The molecule has 3 rings (SSSR count). The molecule has 1 unspecified atom stereocenters. The van der Waals surface area contributed by atoms with Crippen LogP contribution in [0, 0.1) is 23.8 Å². The molecule has 0 aliphatic rings. The monoisotopic (exact) mass is 652 g/mol. The number of allylic oxidation sites excluding steroid dienone is 2. The summed E-state index contributed by atoms with van der Waals surface area (Å²) in [7, 11) is 0. The maximum atomic E-state index is 11.5. The number of aliphatic hydroxyl groups is 1. The molecule has 0 aliphatic carbocycles. The van der Waals surface area contributed by atoms with E-state index in [9.17, 15) is 9.90 Å². The van der Waals surface area contributed by atoms with Gasteiger partial charge < -0.3 is 5.11 Å². The number of carbonyl (C=O) groups is 1. The molecule has 35 heavy (non-hydrogen) atoms. The van der Waals surface area contributed by atoms with Crippen LogP contribution in [0.4, 0.5) is 0 Å². The molecule has 0 saturated heterocycles. The summed E-state index contributed by atoms with van der Waals surface area (Å²) >= 11 is 0. The van der Waals surface area contributed by atoms with Crippen LogP contribution in [0.2, 0.25) is 0 Å². The van der Waals surface area contributed by atoms with Crippen LogP contribution in [0.5, 0.6) is 0 Å². The quantitative estimate of drug-likeness (QED) is 0.176. The Bertz CT molecular complexity index is 1170. The summed E-state index contributed by atoms with van der Waals surface area (Å²) in [6, 6.07) is 15.9. The number of aromatic nitrogens is 2. The molecule has 0 saturated carbocycles. The first-order valence-electron chi connectivity index (χ1n) is 11.9. The molecule has 0 fully saturated rings. The largest absolute Gasteiger partial charge is 0.512 e. The standard InChI is InChI=1S/C19H19N2.C11H20O2.Ir/c1-4-14(3)16-10-13(2)11-17(12-16)18-8-7-15-6-5-9-20-19(15)21-18;1-10(2,3)8(12)7-9(13)11(4,5)6;/h5-10,12,14H,4H2,1-3H3;7,12H,1-6H3;/q-1;;/b;8-7-;. The van der Waals surface area contributed by atoms with Crippen molar-refractivity contribution in [3.05, 3.63) is 71.6 Å². The van der Waals surface area contributed by atoms with Gasteiger partial charge in [0.15, 0.2) is 5.78 Å². The van der Waals surface area contributed by atoms with E-state index in [1.165, 1.54) is 11.6 Å². The number of rotatable bonds is 4. The third-order valence-corrected chi connectivity index (χ3v) is 5.72.